The van der Waals surface area contributed by atoms with E-state index in [1.54, 1.807) is 0 Å². The van der Waals surface area contributed by atoms with Crippen molar-refractivity contribution in [1.82, 2.24) is 5.32 Å². The number of nitrogens with one attached hydrogen (secondary N) is 1. The van der Waals surface area contributed by atoms with Crippen LogP contribution in [0.3, 0.4) is 0 Å². The first kappa shape index (κ1) is 16.8. The van der Waals surface area contributed by atoms with Crippen molar-refractivity contribution >= 4 is 17.7 Å². The van der Waals surface area contributed by atoms with E-state index in [9.17, 15) is 4.79 Å². The fourth-order valence-electron chi connectivity index (χ4n) is 2.51. The van der Waals surface area contributed by atoms with Crippen LogP contribution in [0, 0.1) is 0 Å². The fraction of sp³-hybridized carbons (Fsp3) is 0.933. The Morgan fingerprint density at radius 1 is 1.05 bits per heavy atom. The first-order valence-corrected chi connectivity index (χ1v) is 8.88. The summed E-state index contributed by atoms with van der Waals surface area (Å²) in [6, 6.07) is 0. The number of hydrogen-bond acceptors (Lipinski definition) is 3. The highest BCUT2D eigenvalue weighted by atomic mass is 32.2. The highest BCUT2D eigenvalue weighted by molar-refractivity contribution is 8.00. The Balaban J connectivity index is 1.74. The highest BCUT2D eigenvalue weighted by Gasteiger charge is 2.12. The summed E-state index contributed by atoms with van der Waals surface area (Å²) < 4.78 is 0. The maximum Gasteiger partial charge on any atom is 0.303 e. The smallest absolute Gasteiger partial charge is 0.303 e. The summed E-state index contributed by atoms with van der Waals surface area (Å²) in [5.74, 6) is 0.621. The predicted octanol–water partition coefficient (Wildman–Crippen LogP) is 3.68. The molecule has 0 radical (unpaired) electrons. The molecule has 0 spiro atoms. The minimum atomic E-state index is -0.657. The van der Waals surface area contributed by atoms with Crippen molar-refractivity contribution in [3.8, 4) is 0 Å². The van der Waals surface area contributed by atoms with Crippen LogP contribution in [0.25, 0.3) is 0 Å². The Morgan fingerprint density at radius 3 is 2.26 bits per heavy atom. The van der Waals surface area contributed by atoms with E-state index >= 15 is 0 Å². The molecule has 0 bridgehead atoms. The van der Waals surface area contributed by atoms with Crippen LogP contribution in [0.4, 0.5) is 0 Å². The van der Waals surface area contributed by atoms with E-state index in [1.807, 2.05) is 0 Å². The Bertz CT molecular complexity index is 230. The molecule has 0 aliphatic carbocycles. The topological polar surface area (TPSA) is 49.3 Å². The molecule has 3 nitrogen and oxygen atoms in total. The van der Waals surface area contributed by atoms with Crippen molar-refractivity contribution in [2.45, 2.75) is 69.5 Å². The van der Waals surface area contributed by atoms with Crippen molar-refractivity contribution < 1.29 is 9.90 Å². The molecule has 0 saturated carbocycles. The van der Waals surface area contributed by atoms with E-state index in [0.29, 0.717) is 6.42 Å². The average Bonchev–Trinajstić information content (AvgIpc) is 2.42. The van der Waals surface area contributed by atoms with Crippen LogP contribution in [-0.4, -0.2) is 35.2 Å². The number of aliphatic carboxylic acids is 1. The molecule has 0 aromatic heterocycles. The van der Waals surface area contributed by atoms with Gasteiger partial charge >= 0.3 is 5.97 Å². The van der Waals surface area contributed by atoms with Gasteiger partial charge in [-0.2, -0.15) is 11.8 Å². The lowest BCUT2D eigenvalue weighted by Gasteiger charge is -2.22. The van der Waals surface area contributed by atoms with E-state index in [4.69, 9.17) is 5.11 Å². The molecule has 0 aromatic rings. The molecule has 19 heavy (non-hydrogen) atoms. The van der Waals surface area contributed by atoms with Gasteiger partial charge < -0.3 is 10.4 Å². The maximum atomic E-state index is 10.3. The van der Waals surface area contributed by atoms with Crippen LogP contribution in [0.1, 0.15) is 64.2 Å². The van der Waals surface area contributed by atoms with Gasteiger partial charge in [-0.1, -0.05) is 44.9 Å². The molecule has 1 rings (SSSR count). The zero-order valence-electron chi connectivity index (χ0n) is 12.0. The average molecular weight is 287 g/mol. The number of carboxylic acid groups (broad SMARTS) is 1. The molecule has 2 N–H and O–H groups in total. The molecule has 112 valence electrons. The molecule has 4 heteroatoms. The van der Waals surface area contributed by atoms with Crippen LogP contribution in [0.2, 0.25) is 0 Å². The first-order valence-electron chi connectivity index (χ1n) is 7.83. The fourth-order valence-corrected chi connectivity index (χ4v) is 3.68. The Labute approximate surface area is 121 Å². The summed E-state index contributed by atoms with van der Waals surface area (Å²) in [6.45, 7) is 2.39. The summed E-state index contributed by atoms with van der Waals surface area (Å²) in [7, 11) is 0. The largest absolute Gasteiger partial charge is 0.481 e. The Kier molecular flexibility index (Phi) is 10.3. The van der Waals surface area contributed by atoms with Crippen LogP contribution in [0.15, 0.2) is 0 Å². The van der Waals surface area contributed by atoms with E-state index < -0.39 is 5.97 Å². The van der Waals surface area contributed by atoms with Gasteiger partial charge in [-0.15, -0.1) is 0 Å². The number of hydrogen-bond donors (Lipinski definition) is 2. The molecule has 1 unspecified atom stereocenters. The highest BCUT2D eigenvalue weighted by Crippen LogP contribution is 2.20. The van der Waals surface area contributed by atoms with Crippen LogP contribution >= 0.6 is 11.8 Å². The lowest BCUT2D eigenvalue weighted by atomic mass is 10.1. The molecule has 0 amide bonds. The number of carboxylic acids is 1. The molecule has 1 heterocycles. The normalized spacial score (nSPS) is 19.5. The number of thioether (sulfide) groups is 1. The van der Waals surface area contributed by atoms with Gasteiger partial charge in [0, 0.05) is 30.5 Å². The van der Waals surface area contributed by atoms with Crippen molar-refractivity contribution in [2.75, 3.05) is 18.8 Å². The van der Waals surface area contributed by atoms with E-state index in [1.165, 1.54) is 63.8 Å². The van der Waals surface area contributed by atoms with Crippen LogP contribution < -0.4 is 5.32 Å². The van der Waals surface area contributed by atoms with Gasteiger partial charge in [0.25, 0.3) is 0 Å². The zero-order chi connectivity index (χ0) is 13.8. The predicted molar refractivity (Wildman–Crippen MR) is 82.9 cm³/mol. The first-order chi connectivity index (χ1) is 9.29. The van der Waals surface area contributed by atoms with Gasteiger partial charge in [-0.05, 0) is 12.8 Å². The minimum Gasteiger partial charge on any atom is -0.481 e. The number of carbonyl (C=O) groups is 1. The van der Waals surface area contributed by atoms with Crippen molar-refractivity contribution in [1.29, 1.82) is 0 Å². The number of unbranched alkanes of at least 4 members (excludes halogenated alkanes) is 7. The quantitative estimate of drug-likeness (QED) is 0.569. The van der Waals surface area contributed by atoms with E-state index in [0.717, 1.165) is 18.1 Å². The van der Waals surface area contributed by atoms with Gasteiger partial charge in [0.2, 0.25) is 0 Å². The van der Waals surface area contributed by atoms with E-state index in [-0.39, 0.29) is 0 Å². The van der Waals surface area contributed by atoms with Crippen LogP contribution in [-0.2, 0) is 4.79 Å². The second kappa shape index (κ2) is 11.6. The molecule has 1 fully saturated rings. The summed E-state index contributed by atoms with van der Waals surface area (Å²) in [4.78, 5) is 10.3. The molecule has 1 aliphatic rings. The van der Waals surface area contributed by atoms with E-state index in [2.05, 4.69) is 17.1 Å². The zero-order valence-corrected chi connectivity index (χ0v) is 12.8. The Hall–Kier alpha value is -0.220. The summed E-state index contributed by atoms with van der Waals surface area (Å²) in [6.07, 6.45) is 11.5. The van der Waals surface area contributed by atoms with Gasteiger partial charge in [-0.3, -0.25) is 4.79 Å². The third-order valence-corrected chi connectivity index (χ3v) is 4.98. The van der Waals surface area contributed by atoms with Crippen molar-refractivity contribution in [2.24, 2.45) is 0 Å². The lowest BCUT2D eigenvalue weighted by Crippen LogP contribution is -2.32. The minimum absolute atomic E-state index is 0.340. The van der Waals surface area contributed by atoms with Gasteiger partial charge in [0.15, 0.2) is 0 Å². The second-order valence-corrected chi connectivity index (χ2v) is 6.87. The lowest BCUT2D eigenvalue weighted by molar-refractivity contribution is -0.137. The molecule has 1 aliphatic heterocycles. The molecule has 1 saturated heterocycles. The monoisotopic (exact) mass is 287 g/mol. The third kappa shape index (κ3) is 10.3. The molecule has 0 aromatic carbocycles. The molecular formula is C15H29NO2S. The molecule has 1 atom stereocenters. The standard InChI is InChI=1S/C15H29NO2S/c17-15(18)10-8-6-4-2-1-3-5-7-9-14-13-16-11-12-19-14/h14,16H,1-13H2,(H,17,18). The summed E-state index contributed by atoms with van der Waals surface area (Å²) >= 11 is 2.13. The third-order valence-electron chi connectivity index (χ3n) is 3.67. The van der Waals surface area contributed by atoms with Crippen LogP contribution in [0.5, 0.6) is 0 Å². The Morgan fingerprint density at radius 2 is 1.68 bits per heavy atom. The number of rotatable bonds is 11. The van der Waals surface area contributed by atoms with Gasteiger partial charge in [0.05, 0.1) is 0 Å². The van der Waals surface area contributed by atoms with Gasteiger partial charge in [0.1, 0.15) is 0 Å². The SMILES string of the molecule is O=C(O)CCCCCCCCCCC1CNCCS1. The van der Waals surface area contributed by atoms with Gasteiger partial charge in [-0.25, -0.2) is 0 Å². The summed E-state index contributed by atoms with van der Waals surface area (Å²) in [5, 5.41) is 12.8. The van der Waals surface area contributed by atoms with Crippen molar-refractivity contribution in [3.63, 3.8) is 0 Å². The summed E-state index contributed by atoms with van der Waals surface area (Å²) in [5.41, 5.74) is 0. The second-order valence-electron chi connectivity index (χ2n) is 5.46. The van der Waals surface area contributed by atoms with Crippen molar-refractivity contribution in [3.05, 3.63) is 0 Å². The molecular weight excluding hydrogens is 258 g/mol. The maximum absolute atomic E-state index is 10.3.